The molecule has 0 aliphatic rings. The monoisotopic (exact) mass is 198 g/mol. The Kier molecular flexibility index (Phi) is 4.80. The molecule has 0 spiro atoms. The van der Waals surface area contributed by atoms with Crippen molar-refractivity contribution in [2.45, 2.75) is 38.8 Å². The molecule has 0 saturated carbocycles. The molecule has 0 aromatic carbocycles. The Morgan fingerprint density at radius 3 is 2.23 bits per heavy atom. The fourth-order valence-corrected chi connectivity index (χ4v) is 1.12. The minimum atomic E-state index is -4.26. The van der Waals surface area contributed by atoms with Crippen LogP contribution in [0.3, 0.4) is 0 Å². The maximum absolute atomic E-state index is 12.2. The van der Waals surface area contributed by atoms with E-state index in [9.17, 15) is 18.0 Å². The van der Waals surface area contributed by atoms with Gasteiger partial charge in [-0.1, -0.05) is 13.3 Å². The van der Waals surface area contributed by atoms with Crippen LogP contribution in [-0.2, 0) is 4.79 Å². The van der Waals surface area contributed by atoms with Gasteiger partial charge in [0.05, 0.1) is 5.92 Å². The Morgan fingerprint density at radius 1 is 1.38 bits per heavy atom. The largest absolute Gasteiger partial charge is 0.481 e. The topological polar surface area (TPSA) is 37.3 Å². The summed E-state index contributed by atoms with van der Waals surface area (Å²) in [5.74, 6) is -2.64. The lowest BCUT2D eigenvalue weighted by Crippen LogP contribution is -2.23. The Labute approximate surface area is 74.7 Å². The molecule has 0 saturated heterocycles. The molecule has 1 atom stereocenters. The minimum absolute atomic E-state index is 0.0107. The summed E-state index contributed by atoms with van der Waals surface area (Å²) < 4.78 is 36.5. The number of carboxylic acids is 1. The number of alkyl halides is 3. The van der Waals surface area contributed by atoms with E-state index < -0.39 is 24.5 Å². The van der Waals surface area contributed by atoms with Crippen molar-refractivity contribution < 1.29 is 23.1 Å². The first-order valence-electron chi connectivity index (χ1n) is 4.16. The summed E-state index contributed by atoms with van der Waals surface area (Å²) in [5, 5.41) is 8.23. The molecule has 13 heavy (non-hydrogen) atoms. The second-order valence-corrected chi connectivity index (χ2v) is 2.96. The van der Waals surface area contributed by atoms with Crippen molar-refractivity contribution in [3.8, 4) is 0 Å². The standard InChI is InChI=1S/C8H13F3O2/c1-2-3-6(8(9,10)11)4-5-7(12)13/h6H,2-5H2,1H3,(H,12,13). The zero-order valence-electron chi connectivity index (χ0n) is 7.40. The van der Waals surface area contributed by atoms with E-state index in [4.69, 9.17) is 5.11 Å². The van der Waals surface area contributed by atoms with Crippen molar-refractivity contribution in [3.63, 3.8) is 0 Å². The predicted octanol–water partition coefficient (Wildman–Crippen LogP) is 2.83. The van der Waals surface area contributed by atoms with Gasteiger partial charge in [-0.05, 0) is 12.8 Å². The lowest BCUT2D eigenvalue weighted by molar-refractivity contribution is -0.179. The molecule has 1 N–H and O–H groups in total. The van der Waals surface area contributed by atoms with Gasteiger partial charge in [0.2, 0.25) is 0 Å². The van der Waals surface area contributed by atoms with E-state index in [0.29, 0.717) is 6.42 Å². The number of halogens is 3. The number of hydrogen-bond acceptors (Lipinski definition) is 1. The molecule has 0 aliphatic carbocycles. The zero-order chi connectivity index (χ0) is 10.5. The number of carboxylic acid groups (broad SMARTS) is 1. The van der Waals surface area contributed by atoms with Crippen LogP contribution in [0, 0.1) is 5.92 Å². The Hall–Kier alpha value is -0.740. The van der Waals surface area contributed by atoms with E-state index in [2.05, 4.69) is 0 Å². The zero-order valence-corrected chi connectivity index (χ0v) is 7.40. The van der Waals surface area contributed by atoms with Gasteiger partial charge in [0.1, 0.15) is 0 Å². The quantitative estimate of drug-likeness (QED) is 0.737. The molecular weight excluding hydrogens is 185 g/mol. The SMILES string of the molecule is CCCC(CCC(=O)O)C(F)(F)F. The first-order valence-corrected chi connectivity index (χ1v) is 4.16. The maximum atomic E-state index is 12.2. The maximum Gasteiger partial charge on any atom is 0.391 e. The molecule has 0 aromatic rings. The van der Waals surface area contributed by atoms with Crippen LogP contribution < -0.4 is 0 Å². The third kappa shape index (κ3) is 5.49. The second kappa shape index (κ2) is 5.09. The number of hydrogen-bond donors (Lipinski definition) is 1. The summed E-state index contributed by atoms with van der Waals surface area (Å²) >= 11 is 0. The van der Waals surface area contributed by atoms with E-state index in [1.165, 1.54) is 0 Å². The summed E-state index contributed by atoms with van der Waals surface area (Å²) in [4.78, 5) is 10.1. The van der Waals surface area contributed by atoms with Gasteiger partial charge in [0.25, 0.3) is 0 Å². The Morgan fingerprint density at radius 2 is 1.92 bits per heavy atom. The Bertz CT molecular complexity index is 165. The molecule has 0 fully saturated rings. The average Bonchev–Trinajstić information content (AvgIpc) is 1.95. The van der Waals surface area contributed by atoms with Crippen molar-refractivity contribution in [1.29, 1.82) is 0 Å². The van der Waals surface area contributed by atoms with Crippen LogP contribution in [0.4, 0.5) is 13.2 Å². The fraction of sp³-hybridized carbons (Fsp3) is 0.875. The normalized spacial score (nSPS) is 14.2. The van der Waals surface area contributed by atoms with Crippen LogP contribution in [0.15, 0.2) is 0 Å². The summed E-state index contributed by atoms with van der Waals surface area (Å²) in [6.45, 7) is 1.65. The van der Waals surface area contributed by atoms with Gasteiger partial charge in [0.15, 0.2) is 0 Å². The molecule has 0 radical (unpaired) electrons. The Balaban J connectivity index is 4.02. The number of carbonyl (C=O) groups is 1. The predicted molar refractivity (Wildman–Crippen MR) is 41.3 cm³/mol. The van der Waals surface area contributed by atoms with Crippen molar-refractivity contribution in [2.75, 3.05) is 0 Å². The molecule has 0 heterocycles. The van der Waals surface area contributed by atoms with Crippen molar-refractivity contribution in [3.05, 3.63) is 0 Å². The van der Waals surface area contributed by atoms with Gasteiger partial charge in [-0.25, -0.2) is 0 Å². The fourth-order valence-electron chi connectivity index (χ4n) is 1.12. The summed E-state index contributed by atoms with van der Waals surface area (Å²) in [6.07, 6.45) is -4.55. The lowest BCUT2D eigenvalue weighted by Gasteiger charge is -2.18. The molecule has 78 valence electrons. The van der Waals surface area contributed by atoms with Gasteiger partial charge < -0.3 is 5.11 Å². The lowest BCUT2D eigenvalue weighted by atomic mass is 9.97. The second-order valence-electron chi connectivity index (χ2n) is 2.96. The molecule has 0 rings (SSSR count). The molecule has 0 bridgehead atoms. The van der Waals surface area contributed by atoms with E-state index >= 15 is 0 Å². The highest BCUT2D eigenvalue weighted by Crippen LogP contribution is 2.33. The first-order chi connectivity index (χ1) is 5.88. The molecule has 0 aliphatic heterocycles. The van der Waals surface area contributed by atoms with Gasteiger partial charge in [0, 0.05) is 6.42 Å². The van der Waals surface area contributed by atoms with E-state index in [1.54, 1.807) is 6.92 Å². The first kappa shape index (κ1) is 12.3. The van der Waals surface area contributed by atoms with Crippen LogP contribution in [0.25, 0.3) is 0 Å². The molecule has 0 aromatic heterocycles. The summed E-state index contributed by atoms with van der Waals surface area (Å²) in [7, 11) is 0. The van der Waals surface area contributed by atoms with E-state index in [-0.39, 0.29) is 12.8 Å². The molecule has 5 heteroatoms. The van der Waals surface area contributed by atoms with Crippen molar-refractivity contribution >= 4 is 5.97 Å². The smallest absolute Gasteiger partial charge is 0.391 e. The number of aliphatic carboxylic acids is 1. The highest BCUT2D eigenvalue weighted by Gasteiger charge is 2.38. The van der Waals surface area contributed by atoms with Crippen molar-refractivity contribution in [1.82, 2.24) is 0 Å². The molecular formula is C8H13F3O2. The third-order valence-electron chi connectivity index (χ3n) is 1.81. The van der Waals surface area contributed by atoms with Crippen molar-refractivity contribution in [2.24, 2.45) is 5.92 Å². The number of rotatable bonds is 5. The minimum Gasteiger partial charge on any atom is -0.481 e. The third-order valence-corrected chi connectivity index (χ3v) is 1.81. The molecule has 1 unspecified atom stereocenters. The van der Waals surface area contributed by atoms with E-state index in [0.717, 1.165) is 0 Å². The van der Waals surface area contributed by atoms with Crippen LogP contribution in [0.1, 0.15) is 32.6 Å². The summed E-state index contributed by atoms with van der Waals surface area (Å²) in [6, 6.07) is 0. The highest BCUT2D eigenvalue weighted by atomic mass is 19.4. The molecule has 2 nitrogen and oxygen atoms in total. The highest BCUT2D eigenvalue weighted by molar-refractivity contribution is 5.66. The van der Waals surface area contributed by atoms with Crippen LogP contribution >= 0.6 is 0 Å². The van der Waals surface area contributed by atoms with Crippen LogP contribution in [-0.4, -0.2) is 17.3 Å². The van der Waals surface area contributed by atoms with Crippen LogP contribution in [0.2, 0.25) is 0 Å². The van der Waals surface area contributed by atoms with Gasteiger partial charge >= 0.3 is 12.1 Å². The van der Waals surface area contributed by atoms with Gasteiger partial charge in [-0.3, -0.25) is 4.79 Å². The van der Waals surface area contributed by atoms with Gasteiger partial charge in [-0.15, -0.1) is 0 Å². The van der Waals surface area contributed by atoms with E-state index in [1.807, 2.05) is 0 Å². The van der Waals surface area contributed by atoms with Crippen LogP contribution in [0.5, 0.6) is 0 Å². The molecule has 0 amide bonds. The average molecular weight is 198 g/mol. The summed E-state index contributed by atoms with van der Waals surface area (Å²) in [5.41, 5.74) is 0. The van der Waals surface area contributed by atoms with Gasteiger partial charge in [-0.2, -0.15) is 13.2 Å².